The zero-order chi connectivity index (χ0) is 30.8. The van der Waals surface area contributed by atoms with Crippen LogP contribution >= 0.6 is 0 Å². The lowest BCUT2D eigenvalue weighted by molar-refractivity contribution is 0.0387. The summed E-state index contributed by atoms with van der Waals surface area (Å²) in [5, 5.41) is 19.0. The van der Waals surface area contributed by atoms with E-state index >= 15 is 0 Å². The molecule has 14 heteroatoms. The molecule has 0 radical (unpaired) electrons. The van der Waals surface area contributed by atoms with Crippen molar-refractivity contribution in [2.45, 2.75) is 44.7 Å². The number of anilines is 2. The van der Waals surface area contributed by atoms with Gasteiger partial charge >= 0.3 is 6.03 Å². The molecular weight excluding hydrogens is 569 g/mol. The van der Waals surface area contributed by atoms with E-state index < -0.39 is 39.9 Å². The Morgan fingerprint density at radius 2 is 1.90 bits per heavy atom. The van der Waals surface area contributed by atoms with Gasteiger partial charge in [-0.15, -0.1) is 0 Å². The van der Waals surface area contributed by atoms with Gasteiger partial charge < -0.3 is 29.9 Å². The Morgan fingerprint density at radius 3 is 2.52 bits per heavy atom. The minimum atomic E-state index is -3.97. The largest absolute Gasteiger partial charge is 0.488 e. The van der Waals surface area contributed by atoms with Crippen LogP contribution in [-0.2, 0) is 10.0 Å². The lowest BCUT2D eigenvalue weighted by Gasteiger charge is -2.38. The van der Waals surface area contributed by atoms with Gasteiger partial charge in [-0.3, -0.25) is 4.79 Å². The quantitative estimate of drug-likeness (QED) is 0.353. The number of aromatic nitrogens is 1. The zero-order valence-corrected chi connectivity index (χ0v) is 24.7. The number of rotatable bonds is 8. The molecule has 1 aromatic heterocycles. The Bertz CT molecular complexity index is 1540. The normalized spacial score (nSPS) is 18.1. The number of amides is 3. The molecule has 3 aromatic rings. The van der Waals surface area contributed by atoms with Crippen molar-refractivity contribution in [3.05, 3.63) is 65.3 Å². The summed E-state index contributed by atoms with van der Waals surface area (Å²) < 4.78 is 52.2. The van der Waals surface area contributed by atoms with E-state index in [2.05, 4.69) is 15.8 Å². The van der Waals surface area contributed by atoms with Gasteiger partial charge in [-0.05, 0) is 63.2 Å². The average Bonchev–Trinajstić information content (AvgIpc) is 3.26. The SMILES string of the molecule is Cc1noc(C)c1NC(=O)Nc1ccc2c(c1)C(=O)N([C@@H](C)CO)C[C@@H](C)[C@H](CN(C)S(=O)(=O)c1ccc(F)cc1)O2. The number of aliphatic hydroxyl groups excluding tert-OH is 1. The predicted molar refractivity (Wildman–Crippen MR) is 152 cm³/mol. The van der Waals surface area contributed by atoms with Crippen LogP contribution in [0, 0.1) is 25.6 Å². The summed E-state index contributed by atoms with van der Waals surface area (Å²) in [4.78, 5) is 27.8. The maximum atomic E-state index is 13.7. The highest BCUT2D eigenvalue weighted by atomic mass is 32.2. The summed E-state index contributed by atoms with van der Waals surface area (Å²) >= 11 is 0. The maximum Gasteiger partial charge on any atom is 0.323 e. The minimum Gasteiger partial charge on any atom is -0.488 e. The molecular formula is C28H34FN5O7S. The number of benzene rings is 2. The standard InChI is InChI=1S/C28H34FN5O7S/c1-16-13-34(17(2)15-35)27(36)23-12-21(30-28(37)31-26-18(3)32-41-19(26)4)8-11-24(23)40-25(16)14-33(5)42(38,39)22-9-6-20(29)7-10-22/h6-12,16-17,25,35H,13-15H2,1-5H3,(H2,30,31,37)/t16-,17+,25+/m1/s1. The van der Waals surface area contributed by atoms with Gasteiger partial charge in [0.25, 0.3) is 5.91 Å². The number of aliphatic hydroxyl groups is 1. The Balaban J connectivity index is 1.62. The van der Waals surface area contributed by atoms with Gasteiger partial charge in [-0.2, -0.15) is 4.31 Å². The average molecular weight is 604 g/mol. The van der Waals surface area contributed by atoms with Crippen LogP contribution in [-0.4, -0.2) is 78.7 Å². The second-order valence-corrected chi connectivity index (χ2v) is 12.4. The summed E-state index contributed by atoms with van der Waals surface area (Å²) in [6, 6.07) is 7.96. The molecule has 4 rings (SSSR count). The first-order valence-electron chi connectivity index (χ1n) is 13.3. The third kappa shape index (κ3) is 6.55. The van der Waals surface area contributed by atoms with E-state index in [0.29, 0.717) is 22.8 Å². The molecule has 0 fully saturated rings. The van der Waals surface area contributed by atoms with Crippen LogP contribution in [0.5, 0.6) is 5.75 Å². The molecule has 0 bridgehead atoms. The van der Waals surface area contributed by atoms with Crippen LogP contribution in [0.15, 0.2) is 51.9 Å². The number of nitrogens with one attached hydrogen (secondary N) is 2. The summed E-state index contributed by atoms with van der Waals surface area (Å²) in [5.74, 6) is -0.692. The van der Waals surface area contributed by atoms with Gasteiger partial charge in [0.2, 0.25) is 10.0 Å². The highest BCUT2D eigenvalue weighted by molar-refractivity contribution is 7.89. The highest BCUT2D eigenvalue weighted by Gasteiger charge is 2.35. The molecule has 3 N–H and O–H groups in total. The molecule has 1 aliphatic rings. The van der Waals surface area contributed by atoms with E-state index in [4.69, 9.17) is 9.26 Å². The number of likely N-dealkylation sites (N-methyl/N-ethyl adjacent to an activating group) is 1. The van der Waals surface area contributed by atoms with Crippen molar-refractivity contribution in [3.8, 4) is 5.75 Å². The van der Waals surface area contributed by atoms with Gasteiger partial charge in [0.15, 0.2) is 5.76 Å². The Morgan fingerprint density at radius 1 is 1.21 bits per heavy atom. The first-order chi connectivity index (χ1) is 19.8. The predicted octanol–water partition coefficient (Wildman–Crippen LogP) is 3.62. The maximum absolute atomic E-state index is 13.7. The molecule has 0 saturated carbocycles. The summed E-state index contributed by atoms with van der Waals surface area (Å²) in [7, 11) is -2.57. The Hall–Kier alpha value is -4.01. The third-order valence-electron chi connectivity index (χ3n) is 7.15. The molecule has 12 nitrogen and oxygen atoms in total. The van der Waals surface area contributed by atoms with Gasteiger partial charge in [-0.25, -0.2) is 17.6 Å². The topological polar surface area (TPSA) is 154 Å². The summed E-state index contributed by atoms with van der Waals surface area (Å²) in [6.07, 6.45) is -0.702. The Kier molecular flexibility index (Phi) is 9.18. The van der Waals surface area contributed by atoms with E-state index in [-0.39, 0.29) is 41.8 Å². The van der Waals surface area contributed by atoms with Crippen molar-refractivity contribution < 1.29 is 36.8 Å². The fraction of sp³-hybridized carbons (Fsp3) is 0.393. The van der Waals surface area contributed by atoms with Crippen LogP contribution in [0.1, 0.15) is 35.7 Å². The fourth-order valence-electron chi connectivity index (χ4n) is 4.59. The van der Waals surface area contributed by atoms with Gasteiger partial charge in [0.1, 0.15) is 29.1 Å². The van der Waals surface area contributed by atoms with Gasteiger partial charge in [0.05, 0.1) is 29.7 Å². The number of fused-ring (bicyclic) bond motifs is 1. The number of hydrogen-bond donors (Lipinski definition) is 3. The number of nitrogens with zero attached hydrogens (tertiary/aromatic N) is 3. The first kappa shape index (κ1) is 30.9. The second kappa shape index (κ2) is 12.5. The third-order valence-corrected chi connectivity index (χ3v) is 8.99. The van der Waals surface area contributed by atoms with Gasteiger partial charge in [0, 0.05) is 25.2 Å². The molecule has 0 unspecified atom stereocenters. The molecule has 0 spiro atoms. The van der Waals surface area contributed by atoms with Gasteiger partial charge in [-0.1, -0.05) is 12.1 Å². The molecule has 0 saturated heterocycles. The van der Waals surface area contributed by atoms with E-state index in [0.717, 1.165) is 16.4 Å². The molecule has 0 aliphatic carbocycles. The molecule has 2 heterocycles. The number of sulfonamides is 1. The lowest BCUT2D eigenvalue weighted by Crippen LogP contribution is -2.50. The number of carbonyl (C=O) groups excluding carboxylic acids is 2. The number of ether oxygens (including phenoxy) is 1. The second-order valence-electron chi connectivity index (χ2n) is 10.4. The molecule has 42 heavy (non-hydrogen) atoms. The molecule has 3 amide bonds. The van der Waals surface area contributed by atoms with Crippen molar-refractivity contribution in [2.24, 2.45) is 5.92 Å². The molecule has 3 atom stereocenters. The van der Waals surface area contributed by atoms with Crippen LogP contribution in [0.2, 0.25) is 0 Å². The number of carbonyl (C=O) groups is 2. The van der Waals surface area contributed by atoms with E-state index in [1.165, 1.54) is 36.2 Å². The Labute approximate surface area is 243 Å². The van der Waals surface area contributed by atoms with Crippen molar-refractivity contribution in [1.82, 2.24) is 14.4 Å². The van der Waals surface area contributed by atoms with Crippen LogP contribution < -0.4 is 15.4 Å². The molecule has 226 valence electrons. The fourth-order valence-corrected chi connectivity index (χ4v) is 5.78. The van der Waals surface area contributed by atoms with Crippen LogP contribution in [0.3, 0.4) is 0 Å². The van der Waals surface area contributed by atoms with Crippen molar-refractivity contribution >= 4 is 33.3 Å². The van der Waals surface area contributed by atoms with Crippen molar-refractivity contribution in [2.75, 3.05) is 37.4 Å². The monoisotopic (exact) mass is 603 g/mol. The van der Waals surface area contributed by atoms with E-state index in [9.17, 15) is 27.5 Å². The number of hydrogen-bond acceptors (Lipinski definition) is 8. The first-order valence-corrected chi connectivity index (χ1v) is 14.7. The van der Waals surface area contributed by atoms with E-state index in [1.807, 2.05) is 6.92 Å². The molecule has 1 aliphatic heterocycles. The number of aryl methyl sites for hydroxylation is 2. The highest BCUT2D eigenvalue weighted by Crippen LogP contribution is 2.31. The summed E-state index contributed by atoms with van der Waals surface area (Å²) in [6.45, 7) is 6.67. The number of urea groups is 1. The smallest absolute Gasteiger partial charge is 0.323 e. The van der Waals surface area contributed by atoms with E-state index in [1.54, 1.807) is 26.8 Å². The van der Waals surface area contributed by atoms with Crippen LogP contribution in [0.25, 0.3) is 0 Å². The lowest BCUT2D eigenvalue weighted by atomic mass is 9.99. The number of halogens is 1. The summed E-state index contributed by atoms with van der Waals surface area (Å²) in [5.41, 5.74) is 1.36. The minimum absolute atomic E-state index is 0.0680. The van der Waals surface area contributed by atoms with Crippen molar-refractivity contribution in [3.63, 3.8) is 0 Å². The van der Waals surface area contributed by atoms with Crippen LogP contribution in [0.4, 0.5) is 20.6 Å². The molecule has 2 aromatic carbocycles. The van der Waals surface area contributed by atoms with Crippen molar-refractivity contribution in [1.29, 1.82) is 0 Å². The zero-order valence-electron chi connectivity index (χ0n) is 23.9.